The minimum absolute atomic E-state index is 0.0186. The average molecular weight is 1050 g/mol. The fourth-order valence-electron chi connectivity index (χ4n) is 8.68. The van der Waals surface area contributed by atoms with Gasteiger partial charge in [-0.15, -0.1) is 0 Å². The Morgan fingerprint density at radius 3 is 2.50 bits per heavy atom. The Bertz CT molecular complexity index is 2690. The molecule has 7 rings (SSSR count). The van der Waals surface area contributed by atoms with Crippen LogP contribution in [0.5, 0.6) is 5.75 Å². The molecule has 3 N–H and O–H groups in total. The molecule has 2 heterocycles. The van der Waals surface area contributed by atoms with Crippen LogP contribution in [0.25, 0.3) is 0 Å². The predicted octanol–water partition coefficient (Wildman–Crippen LogP) is 7.39. The third-order valence-electron chi connectivity index (χ3n) is 12.8. The number of aryl methyl sites for hydroxylation is 1. The second-order valence-electron chi connectivity index (χ2n) is 19.0. The molecule has 3 aliphatic rings. The zero-order valence-electron chi connectivity index (χ0n) is 41.9. The normalized spacial score (nSPS) is 16.6. The van der Waals surface area contributed by atoms with Gasteiger partial charge in [-0.3, -0.25) is 29.0 Å². The number of nitrogens with one attached hydrogen (secondary N) is 3. The fraction of sp³-hybridized carbons (Fsp3) is 0.426. The van der Waals surface area contributed by atoms with Crippen LogP contribution in [0.15, 0.2) is 90.3 Å². The fourth-order valence-corrected chi connectivity index (χ4v) is 11.2. The number of piperazine rings is 1. The van der Waals surface area contributed by atoms with Crippen LogP contribution in [-0.2, 0) is 46.6 Å². The van der Waals surface area contributed by atoms with E-state index in [4.69, 9.17) is 9.57 Å². The number of amides is 5. The molecule has 20 heteroatoms. The van der Waals surface area contributed by atoms with Gasteiger partial charge in [-0.2, -0.15) is 10.2 Å². The molecule has 2 aliphatic carbocycles. The van der Waals surface area contributed by atoms with Crippen LogP contribution in [0.1, 0.15) is 110 Å². The molecule has 2 unspecified atom stereocenters. The lowest BCUT2D eigenvalue weighted by Crippen LogP contribution is -2.48. The Hall–Kier alpha value is -6.80. The van der Waals surface area contributed by atoms with Gasteiger partial charge < -0.3 is 34.8 Å². The van der Waals surface area contributed by atoms with Gasteiger partial charge in [-0.1, -0.05) is 33.7 Å². The summed E-state index contributed by atoms with van der Waals surface area (Å²) in [5, 5.41) is 10.9. The Morgan fingerprint density at radius 1 is 0.959 bits per heavy atom. The number of aromatic nitrogens is 1. The topological polar surface area (TPSA) is 209 Å². The smallest absolute Gasteiger partial charge is 0.332 e. The number of fused-ring (bicyclic) bond motifs is 1. The summed E-state index contributed by atoms with van der Waals surface area (Å²) in [5.41, 5.74) is 8.60. The van der Waals surface area contributed by atoms with Gasteiger partial charge in [-0.25, -0.2) is 14.6 Å². The molecule has 74 heavy (non-hydrogen) atoms. The first-order chi connectivity index (χ1) is 35.7. The van der Waals surface area contributed by atoms with E-state index < -0.39 is 22.4 Å². The first-order valence-corrected chi connectivity index (χ1v) is 27.2. The van der Waals surface area contributed by atoms with Crippen LogP contribution < -0.4 is 25.7 Å². The molecule has 1 aromatic heterocycles. The summed E-state index contributed by atoms with van der Waals surface area (Å²) in [4.78, 5) is 99.6. The SMILES string of the molecule is CN(OC(=O)CCCOc1ccc2c(c1)CCC/C2=N\NC(=O)CC(C)(C)SSCCC(=O)N1CCN(c2ccc(C(=O)NCc3ccc(NC(=O)C4CC4c4cccnc4)cc3F)cc2)CC1)C(=O)CCC=O. The quantitative estimate of drug-likeness (QED) is 0.0287. The van der Waals surface area contributed by atoms with Crippen LogP contribution in [0, 0.1) is 11.7 Å². The summed E-state index contributed by atoms with van der Waals surface area (Å²) in [6.07, 6.45) is 8.32. The van der Waals surface area contributed by atoms with Gasteiger partial charge in [0, 0.05) is 122 Å². The summed E-state index contributed by atoms with van der Waals surface area (Å²) < 4.78 is 20.5. The maximum Gasteiger partial charge on any atom is 0.332 e. The number of anilines is 2. The summed E-state index contributed by atoms with van der Waals surface area (Å²) >= 11 is 0. The van der Waals surface area contributed by atoms with Gasteiger partial charge in [-0.05, 0) is 124 Å². The van der Waals surface area contributed by atoms with Crippen molar-refractivity contribution in [2.45, 2.75) is 95.3 Å². The number of rotatable bonds is 23. The standard InChI is InChI=1S/C54H63FN8O9S2/c1-54(2,33-48(65)60-59-47-10-4-8-37-30-42(19-20-43(37)47)71-28-7-12-51(68)72-61(3)49(66)11-6-27-64)74-73-29-21-50(67)63-25-23-62(24-26-63)41-17-14-36(15-18-41)52(69)57-35-39-13-16-40(31-46(39)55)58-53(70)45-32-44(45)38-9-5-22-56-34-38/h5,9,13-20,22,27,30-31,34,44-45H,4,6-8,10-12,21,23-26,28-29,32-33,35H2,1-3H3,(H,57,69)(H,58,70)(H,60,65)/b59-47+. The van der Waals surface area contributed by atoms with Crippen molar-refractivity contribution < 1.29 is 47.5 Å². The zero-order valence-corrected chi connectivity index (χ0v) is 43.6. The molecule has 4 aromatic rings. The Balaban J connectivity index is 0.751. The van der Waals surface area contributed by atoms with Gasteiger partial charge in [0.05, 0.1) is 18.7 Å². The molecule has 3 aromatic carbocycles. The van der Waals surface area contributed by atoms with E-state index in [1.807, 2.05) is 61.2 Å². The lowest BCUT2D eigenvalue weighted by molar-refractivity contribution is -0.192. The number of carbonyl (C=O) groups excluding carboxylic acids is 7. The number of benzene rings is 3. The molecule has 17 nitrogen and oxygen atoms in total. The highest BCUT2D eigenvalue weighted by Crippen LogP contribution is 2.47. The van der Waals surface area contributed by atoms with Crippen molar-refractivity contribution in [2.75, 3.05) is 55.8 Å². The van der Waals surface area contributed by atoms with Crippen LogP contribution in [-0.4, -0.2) is 113 Å². The highest BCUT2D eigenvalue weighted by molar-refractivity contribution is 8.77. The number of carbonyl (C=O) groups is 7. The maximum absolute atomic E-state index is 15.0. The van der Waals surface area contributed by atoms with Gasteiger partial charge in [0.25, 0.3) is 11.8 Å². The number of halogens is 1. The summed E-state index contributed by atoms with van der Waals surface area (Å²) in [6, 6.07) is 21.2. The van der Waals surface area contributed by atoms with Crippen molar-refractivity contribution in [3.63, 3.8) is 0 Å². The lowest BCUT2D eigenvalue weighted by Gasteiger charge is -2.36. The van der Waals surface area contributed by atoms with Crippen LogP contribution >= 0.6 is 21.6 Å². The van der Waals surface area contributed by atoms with E-state index in [-0.39, 0.29) is 74.3 Å². The van der Waals surface area contributed by atoms with Crippen LogP contribution in [0.3, 0.4) is 0 Å². The molecular formula is C54H63FN8O9S2. The highest BCUT2D eigenvalue weighted by atomic mass is 33.1. The molecule has 2 atom stereocenters. The number of hydrogen-bond acceptors (Lipinski definition) is 14. The number of pyridine rings is 1. The minimum Gasteiger partial charge on any atom is -0.494 e. The number of aldehydes is 1. The second-order valence-corrected chi connectivity index (χ2v) is 22.1. The van der Waals surface area contributed by atoms with E-state index in [0.29, 0.717) is 73.6 Å². The molecular weight excluding hydrogens is 988 g/mol. The summed E-state index contributed by atoms with van der Waals surface area (Å²) in [5.74, 6) is -0.975. The third-order valence-corrected chi connectivity index (χ3v) is 16.1. The number of ether oxygens (including phenoxy) is 1. The highest BCUT2D eigenvalue weighted by Gasteiger charge is 2.44. The largest absolute Gasteiger partial charge is 0.494 e. The van der Waals surface area contributed by atoms with Crippen molar-refractivity contribution in [2.24, 2.45) is 11.0 Å². The van der Waals surface area contributed by atoms with E-state index in [0.717, 1.165) is 58.8 Å². The molecule has 0 spiro atoms. The van der Waals surface area contributed by atoms with Crippen molar-refractivity contribution in [1.82, 2.24) is 25.7 Å². The Kier molecular flexibility index (Phi) is 19.6. The van der Waals surface area contributed by atoms with Gasteiger partial charge in [0.2, 0.25) is 17.7 Å². The number of hydroxylamine groups is 2. The number of hydrogen-bond donors (Lipinski definition) is 3. The number of hydrazone groups is 1. The monoisotopic (exact) mass is 1050 g/mol. The van der Waals surface area contributed by atoms with Crippen molar-refractivity contribution in [3.05, 3.63) is 119 Å². The first-order valence-electron chi connectivity index (χ1n) is 24.9. The van der Waals surface area contributed by atoms with Crippen LogP contribution in [0.4, 0.5) is 15.8 Å². The third kappa shape index (κ3) is 16.1. The van der Waals surface area contributed by atoms with E-state index in [2.05, 4.69) is 31.0 Å². The molecule has 392 valence electrons. The molecule has 5 amide bonds. The van der Waals surface area contributed by atoms with E-state index >= 15 is 4.39 Å². The minimum atomic E-state index is -0.568. The van der Waals surface area contributed by atoms with Gasteiger partial charge in [0.1, 0.15) is 17.9 Å². The van der Waals surface area contributed by atoms with Gasteiger partial charge >= 0.3 is 5.97 Å². The maximum atomic E-state index is 15.0. The predicted molar refractivity (Wildman–Crippen MR) is 283 cm³/mol. The molecule has 0 radical (unpaired) electrons. The van der Waals surface area contributed by atoms with Crippen molar-refractivity contribution in [3.8, 4) is 5.75 Å². The van der Waals surface area contributed by atoms with Gasteiger partial charge in [0.15, 0.2) is 0 Å². The molecule has 0 bridgehead atoms. The second kappa shape index (κ2) is 26.4. The molecule has 1 saturated heterocycles. The summed E-state index contributed by atoms with van der Waals surface area (Å²) in [7, 11) is 4.48. The van der Waals surface area contributed by atoms with E-state index in [1.54, 1.807) is 58.2 Å². The first kappa shape index (κ1) is 55.0. The average Bonchev–Trinajstić information content (AvgIpc) is 4.21. The van der Waals surface area contributed by atoms with E-state index in [9.17, 15) is 33.6 Å². The molecule has 1 aliphatic heterocycles. The molecule has 2 fully saturated rings. The number of nitrogens with zero attached hydrogens (tertiary/aromatic N) is 5. The van der Waals surface area contributed by atoms with Crippen molar-refractivity contribution in [1.29, 1.82) is 0 Å². The van der Waals surface area contributed by atoms with Crippen LogP contribution in [0.2, 0.25) is 0 Å². The Labute approximate surface area is 438 Å². The molecule has 1 saturated carbocycles. The zero-order chi connectivity index (χ0) is 52.6. The van der Waals surface area contributed by atoms with Crippen molar-refractivity contribution >= 4 is 80.5 Å². The lowest BCUT2D eigenvalue weighted by atomic mass is 9.90. The summed E-state index contributed by atoms with van der Waals surface area (Å²) in [6.45, 7) is 6.68. The Morgan fingerprint density at radius 2 is 1.76 bits per heavy atom. The van der Waals surface area contributed by atoms with E-state index in [1.165, 1.54) is 13.1 Å².